The summed E-state index contributed by atoms with van der Waals surface area (Å²) in [6, 6.07) is 12.5. The number of carbonyl (C=O) groups excluding carboxylic acids is 1. The average Bonchev–Trinajstić information content (AvgIpc) is 3.38. The molecule has 0 aliphatic carbocycles. The maximum atomic E-state index is 12.6. The second-order valence-corrected chi connectivity index (χ2v) is 6.06. The van der Waals surface area contributed by atoms with Crippen molar-refractivity contribution in [2.75, 3.05) is 7.11 Å². The summed E-state index contributed by atoms with van der Waals surface area (Å²) >= 11 is 0. The number of nitrogens with zero attached hydrogens (tertiary/aromatic N) is 4. The number of methoxy groups -OCH3 is 1. The molecule has 1 N–H and O–H groups in total. The first-order chi connectivity index (χ1) is 13.6. The van der Waals surface area contributed by atoms with Crippen LogP contribution in [-0.4, -0.2) is 32.4 Å². The number of ether oxygens (including phenoxy) is 1. The van der Waals surface area contributed by atoms with E-state index in [-0.39, 0.29) is 12.5 Å². The lowest BCUT2D eigenvalue weighted by molar-refractivity contribution is -0.122. The molecular formula is C19H17N5O4. The lowest BCUT2D eigenvalue weighted by atomic mass is 10.2. The van der Waals surface area contributed by atoms with E-state index in [1.54, 1.807) is 25.3 Å². The number of aromatic nitrogens is 4. The minimum atomic E-state index is -0.413. The third-order valence-electron chi connectivity index (χ3n) is 4.18. The molecule has 3 heterocycles. The van der Waals surface area contributed by atoms with Gasteiger partial charge in [-0.05, 0) is 29.8 Å². The van der Waals surface area contributed by atoms with Gasteiger partial charge in [-0.25, -0.2) is 9.20 Å². The maximum Gasteiger partial charge on any atom is 0.293 e. The monoisotopic (exact) mass is 379 g/mol. The molecule has 142 valence electrons. The third-order valence-corrected chi connectivity index (χ3v) is 4.18. The number of carbonyl (C=O) groups is 1. The van der Waals surface area contributed by atoms with Crippen molar-refractivity contribution >= 4 is 11.4 Å². The normalized spacial score (nSPS) is 10.9. The Labute approximate surface area is 159 Å². The van der Waals surface area contributed by atoms with Crippen LogP contribution in [0.1, 0.15) is 5.56 Å². The molecule has 0 fully saturated rings. The molecule has 9 nitrogen and oxygen atoms in total. The van der Waals surface area contributed by atoms with E-state index in [4.69, 9.17) is 9.15 Å². The van der Waals surface area contributed by atoms with Gasteiger partial charge in [-0.3, -0.25) is 9.59 Å². The number of furan rings is 1. The van der Waals surface area contributed by atoms with E-state index in [9.17, 15) is 9.59 Å². The van der Waals surface area contributed by atoms with Crippen LogP contribution >= 0.6 is 0 Å². The van der Waals surface area contributed by atoms with Gasteiger partial charge in [-0.15, -0.1) is 0 Å². The van der Waals surface area contributed by atoms with Crippen molar-refractivity contribution in [3.63, 3.8) is 0 Å². The van der Waals surface area contributed by atoms with E-state index in [0.29, 0.717) is 29.3 Å². The second-order valence-electron chi connectivity index (χ2n) is 6.06. The summed E-state index contributed by atoms with van der Waals surface area (Å²) in [6.45, 7) is 0.128. The fraction of sp³-hybridized carbons (Fsp3) is 0.158. The molecule has 28 heavy (non-hydrogen) atoms. The largest absolute Gasteiger partial charge is 0.497 e. The van der Waals surface area contributed by atoms with Crippen molar-refractivity contribution < 1.29 is 13.9 Å². The number of amides is 1. The molecule has 4 rings (SSSR count). The van der Waals surface area contributed by atoms with Gasteiger partial charge in [0.1, 0.15) is 29.8 Å². The van der Waals surface area contributed by atoms with Gasteiger partial charge >= 0.3 is 0 Å². The summed E-state index contributed by atoms with van der Waals surface area (Å²) in [6.07, 6.45) is 2.92. The Morgan fingerprint density at radius 2 is 2.14 bits per heavy atom. The quantitative estimate of drug-likeness (QED) is 0.544. The molecule has 0 aliphatic rings. The van der Waals surface area contributed by atoms with Crippen molar-refractivity contribution in [2.45, 2.75) is 13.1 Å². The molecule has 0 saturated carbocycles. The van der Waals surface area contributed by atoms with Gasteiger partial charge in [0.25, 0.3) is 5.56 Å². The van der Waals surface area contributed by atoms with Crippen molar-refractivity contribution in [1.29, 1.82) is 0 Å². The lowest BCUT2D eigenvalue weighted by Crippen LogP contribution is -2.34. The molecule has 0 unspecified atom stereocenters. The summed E-state index contributed by atoms with van der Waals surface area (Å²) < 4.78 is 12.9. The molecule has 0 bridgehead atoms. The molecule has 4 aromatic rings. The van der Waals surface area contributed by atoms with Crippen LogP contribution in [0, 0.1) is 0 Å². The minimum absolute atomic E-state index is 0.194. The van der Waals surface area contributed by atoms with Crippen LogP contribution in [0.2, 0.25) is 0 Å². The van der Waals surface area contributed by atoms with E-state index in [1.807, 2.05) is 24.3 Å². The highest BCUT2D eigenvalue weighted by Crippen LogP contribution is 2.18. The highest BCUT2D eigenvalue weighted by Gasteiger charge is 2.13. The van der Waals surface area contributed by atoms with Gasteiger partial charge in [-0.1, -0.05) is 12.1 Å². The molecular weight excluding hydrogens is 362 g/mol. The summed E-state index contributed by atoms with van der Waals surface area (Å²) in [4.78, 5) is 24.9. The molecule has 0 saturated heterocycles. The number of hydrogen-bond acceptors (Lipinski definition) is 6. The number of rotatable bonds is 6. The van der Waals surface area contributed by atoms with Gasteiger partial charge in [0.2, 0.25) is 5.91 Å². The van der Waals surface area contributed by atoms with Crippen molar-refractivity contribution in [3.8, 4) is 17.2 Å². The van der Waals surface area contributed by atoms with Gasteiger partial charge < -0.3 is 14.5 Å². The van der Waals surface area contributed by atoms with Gasteiger partial charge in [0, 0.05) is 12.6 Å². The topological polar surface area (TPSA) is 104 Å². The molecule has 0 spiro atoms. The fourth-order valence-corrected chi connectivity index (χ4v) is 2.77. The van der Waals surface area contributed by atoms with Crippen LogP contribution in [0.25, 0.3) is 17.0 Å². The van der Waals surface area contributed by atoms with E-state index >= 15 is 0 Å². The zero-order valence-electron chi connectivity index (χ0n) is 15.0. The molecule has 0 radical (unpaired) electrons. The van der Waals surface area contributed by atoms with Gasteiger partial charge in [0.15, 0.2) is 5.76 Å². The number of benzene rings is 1. The van der Waals surface area contributed by atoms with E-state index < -0.39 is 5.56 Å². The number of nitrogens with one attached hydrogen (secondary N) is 1. The predicted octanol–water partition coefficient (Wildman–Crippen LogP) is 1.48. The molecule has 1 aromatic carbocycles. The number of fused-ring (bicyclic) bond motifs is 1. The molecule has 3 aromatic heterocycles. The summed E-state index contributed by atoms with van der Waals surface area (Å²) in [7, 11) is 1.58. The van der Waals surface area contributed by atoms with Crippen molar-refractivity contribution in [3.05, 3.63) is 71.0 Å². The smallest absolute Gasteiger partial charge is 0.293 e. The van der Waals surface area contributed by atoms with Crippen LogP contribution in [0.5, 0.6) is 5.75 Å². The molecule has 0 atom stereocenters. The first kappa shape index (κ1) is 17.5. The van der Waals surface area contributed by atoms with E-state index in [2.05, 4.69) is 15.5 Å². The fourth-order valence-electron chi connectivity index (χ4n) is 2.77. The Bertz CT molecular complexity index is 1180. The highest BCUT2D eigenvalue weighted by molar-refractivity contribution is 5.75. The summed E-state index contributed by atoms with van der Waals surface area (Å²) in [5.41, 5.74) is 1.30. The van der Waals surface area contributed by atoms with Gasteiger partial charge in [-0.2, -0.15) is 10.2 Å². The minimum Gasteiger partial charge on any atom is -0.497 e. The van der Waals surface area contributed by atoms with Crippen LogP contribution in [0.15, 0.2) is 64.3 Å². The first-order valence-electron chi connectivity index (χ1n) is 8.53. The zero-order valence-corrected chi connectivity index (χ0v) is 15.0. The van der Waals surface area contributed by atoms with E-state index in [0.717, 1.165) is 10.2 Å². The van der Waals surface area contributed by atoms with Crippen LogP contribution in [0.3, 0.4) is 0 Å². The Kier molecular flexibility index (Phi) is 4.63. The lowest BCUT2D eigenvalue weighted by Gasteiger charge is -2.08. The van der Waals surface area contributed by atoms with Crippen LogP contribution < -0.4 is 15.6 Å². The third kappa shape index (κ3) is 3.50. The van der Waals surface area contributed by atoms with Gasteiger partial charge in [0.05, 0.1) is 13.4 Å². The Balaban J connectivity index is 1.48. The zero-order chi connectivity index (χ0) is 19.5. The molecule has 1 amide bonds. The SMILES string of the molecule is COc1cccc(CNC(=O)Cn2ncn3nc(-c4ccco4)cc3c2=O)c1. The Morgan fingerprint density at radius 1 is 1.25 bits per heavy atom. The second kappa shape index (κ2) is 7.39. The average molecular weight is 379 g/mol. The van der Waals surface area contributed by atoms with Crippen molar-refractivity contribution in [2.24, 2.45) is 0 Å². The maximum absolute atomic E-state index is 12.6. The first-order valence-corrected chi connectivity index (χ1v) is 8.53. The summed E-state index contributed by atoms with van der Waals surface area (Å²) in [5.74, 6) is 0.932. The standard InChI is InChI=1S/C19H17N5O4/c1-27-14-5-2-4-13(8-14)10-20-18(25)11-23-19(26)16-9-15(17-6-3-7-28-17)22-24(16)12-21-23/h2-9,12H,10-11H2,1H3,(H,20,25). The highest BCUT2D eigenvalue weighted by atomic mass is 16.5. The van der Waals surface area contributed by atoms with Crippen LogP contribution in [0.4, 0.5) is 0 Å². The number of hydrogen-bond donors (Lipinski definition) is 1. The molecule has 9 heteroatoms. The summed E-state index contributed by atoms with van der Waals surface area (Å²) in [5, 5.41) is 11.0. The van der Waals surface area contributed by atoms with E-state index in [1.165, 1.54) is 17.1 Å². The molecule has 0 aliphatic heterocycles. The Hall–Kier alpha value is -3.88. The Morgan fingerprint density at radius 3 is 2.93 bits per heavy atom. The predicted molar refractivity (Wildman–Crippen MR) is 99.8 cm³/mol. The van der Waals surface area contributed by atoms with Crippen molar-refractivity contribution in [1.82, 2.24) is 24.7 Å². The van der Waals surface area contributed by atoms with Crippen LogP contribution in [-0.2, 0) is 17.9 Å².